The molecule has 6 heteroatoms. The van der Waals surface area contributed by atoms with E-state index in [1.165, 1.54) is 6.26 Å². The number of hydrogen-bond donors (Lipinski definition) is 1. The third-order valence-electron chi connectivity index (χ3n) is 3.03. The number of nitrogens with one attached hydrogen (secondary N) is 1. The number of aromatic nitrogens is 2. The van der Waals surface area contributed by atoms with Crippen LogP contribution in [0.15, 0.2) is 12.4 Å². The van der Waals surface area contributed by atoms with Gasteiger partial charge in [-0.25, -0.2) is 8.42 Å². The fraction of sp³-hybridized carbons (Fsp3) is 0.750. The summed E-state index contributed by atoms with van der Waals surface area (Å²) in [5.41, 5.74) is 1.14. The molecule has 0 saturated heterocycles. The second-order valence-electron chi connectivity index (χ2n) is 4.96. The van der Waals surface area contributed by atoms with Gasteiger partial charge in [-0.05, 0) is 39.3 Å². The number of aryl methyl sites for hydroxylation is 1. The highest BCUT2D eigenvalue weighted by Gasteiger charge is 2.14. The summed E-state index contributed by atoms with van der Waals surface area (Å²) in [6, 6.07) is 0.501. The van der Waals surface area contributed by atoms with Crippen molar-refractivity contribution < 1.29 is 8.42 Å². The molecule has 1 rings (SSSR count). The molecule has 1 N–H and O–H groups in total. The number of hydrogen-bond acceptors (Lipinski definition) is 4. The fourth-order valence-corrected chi connectivity index (χ4v) is 2.39. The van der Waals surface area contributed by atoms with E-state index in [1.807, 2.05) is 24.0 Å². The van der Waals surface area contributed by atoms with Gasteiger partial charge < -0.3 is 5.32 Å². The van der Waals surface area contributed by atoms with Crippen LogP contribution in [0.2, 0.25) is 0 Å². The van der Waals surface area contributed by atoms with Gasteiger partial charge in [0.15, 0.2) is 0 Å². The first-order valence-corrected chi connectivity index (χ1v) is 8.27. The Morgan fingerprint density at radius 3 is 2.61 bits per heavy atom. The van der Waals surface area contributed by atoms with Gasteiger partial charge in [-0.15, -0.1) is 0 Å². The zero-order valence-corrected chi connectivity index (χ0v) is 12.4. The van der Waals surface area contributed by atoms with E-state index in [0.717, 1.165) is 5.56 Å². The van der Waals surface area contributed by atoms with E-state index < -0.39 is 9.84 Å². The van der Waals surface area contributed by atoms with Crippen LogP contribution in [0.5, 0.6) is 0 Å². The molecule has 0 aliphatic heterocycles. The van der Waals surface area contributed by atoms with Gasteiger partial charge in [0, 0.05) is 18.5 Å². The summed E-state index contributed by atoms with van der Waals surface area (Å²) in [6.07, 6.45) is 5.77. The van der Waals surface area contributed by atoms with Crippen LogP contribution in [-0.4, -0.2) is 42.8 Å². The summed E-state index contributed by atoms with van der Waals surface area (Å²) in [6.45, 7) is 6.90. The zero-order chi connectivity index (χ0) is 13.8. The number of sulfone groups is 1. The van der Waals surface area contributed by atoms with Gasteiger partial charge in [-0.1, -0.05) is 0 Å². The lowest BCUT2D eigenvalue weighted by atomic mass is 10.1. The molecule has 0 radical (unpaired) electrons. The molecule has 0 aromatic carbocycles. The first-order chi connectivity index (χ1) is 8.29. The minimum atomic E-state index is -2.85. The first-order valence-electron chi connectivity index (χ1n) is 6.21. The molecule has 0 bridgehead atoms. The number of rotatable bonds is 7. The summed E-state index contributed by atoms with van der Waals surface area (Å²) < 4.78 is 23.9. The van der Waals surface area contributed by atoms with E-state index in [2.05, 4.69) is 24.3 Å². The molecule has 1 heterocycles. The topological polar surface area (TPSA) is 64.0 Å². The SMILES string of the molecule is Cc1cnn(C(C)C(C)NCCCS(C)(=O)=O)c1. The van der Waals surface area contributed by atoms with Crippen LogP contribution in [0.3, 0.4) is 0 Å². The van der Waals surface area contributed by atoms with Crippen molar-refractivity contribution in [3.05, 3.63) is 18.0 Å². The van der Waals surface area contributed by atoms with Crippen LogP contribution in [0.25, 0.3) is 0 Å². The third kappa shape index (κ3) is 5.18. The van der Waals surface area contributed by atoms with Crippen molar-refractivity contribution in [2.45, 2.75) is 39.3 Å². The number of nitrogens with zero attached hydrogens (tertiary/aromatic N) is 2. The lowest BCUT2D eigenvalue weighted by Crippen LogP contribution is -2.35. The van der Waals surface area contributed by atoms with Gasteiger partial charge in [-0.2, -0.15) is 5.10 Å². The van der Waals surface area contributed by atoms with Crippen molar-refractivity contribution in [2.24, 2.45) is 0 Å². The first kappa shape index (κ1) is 15.2. The van der Waals surface area contributed by atoms with E-state index in [1.54, 1.807) is 0 Å². The van der Waals surface area contributed by atoms with E-state index >= 15 is 0 Å². The second kappa shape index (κ2) is 6.33. The molecular formula is C12H23N3O2S. The van der Waals surface area contributed by atoms with Crippen molar-refractivity contribution in [3.8, 4) is 0 Å². The molecule has 0 saturated carbocycles. The Hall–Kier alpha value is -0.880. The van der Waals surface area contributed by atoms with Gasteiger partial charge in [0.25, 0.3) is 0 Å². The standard InChI is InChI=1S/C12H23N3O2S/c1-10-8-14-15(9-10)12(3)11(2)13-6-5-7-18(4,16)17/h8-9,11-13H,5-7H2,1-4H3. The Kier molecular flexibility index (Phi) is 5.34. The average Bonchev–Trinajstić information content (AvgIpc) is 2.68. The summed E-state index contributed by atoms with van der Waals surface area (Å²) in [7, 11) is -2.85. The van der Waals surface area contributed by atoms with E-state index in [4.69, 9.17) is 0 Å². The average molecular weight is 273 g/mol. The van der Waals surface area contributed by atoms with E-state index in [-0.39, 0.29) is 17.8 Å². The van der Waals surface area contributed by atoms with Gasteiger partial charge in [-0.3, -0.25) is 4.68 Å². The monoisotopic (exact) mass is 273 g/mol. The smallest absolute Gasteiger partial charge is 0.147 e. The minimum absolute atomic E-state index is 0.238. The molecule has 5 nitrogen and oxygen atoms in total. The molecule has 0 aliphatic rings. The highest BCUT2D eigenvalue weighted by molar-refractivity contribution is 7.90. The maximum atomic E-state index is 11.0. The van der Waals surface area contributed by atoms with Crippen LogP contribution in [-0.2, 0) is 9.84 Å². The molecule has 104 valence electrons. The quantitative estimate of drug-likeness (QED) is 0.757. The van der Waals surface area contributed by atoms with E-state index in [9.17, 15) is 8.42 Å². The molecular weight excluding hydrogens is 250 g/mol. The van der Waals surface area contributed by atoms with Crippen LogP contribution in [0.4, 0.5) is 0 Å². The van der Waals surface area contributed by atoms with Crippen LogP contribution in [0, 0.1) is 6.92 Å². The maximum Gasteiger partial charge on any atom is 0.147 e. The lowest BCUT2D eigenvalue weighted by Gasteiger charge is -2.21. The predicted molar refractivity (Wildman–Crippen MR) is 73.5 cm³/mol. The summed E-state index contributed by atoms with van der Waals surface area (Å²) in [5, 5.41) is 7.62. The fourth-order valence-electron chi connectivity index (χ4n) is 1.72. The van der Waals surface area contributed by atoms with Gasteiger partial charge in [0.1, 0.15) is 9.84 Å². The van der Waals surface area contributed by atoms with Crippen LogP contribution in [0.1, 0.15) is 31.9 Å². The normalized spacial score (nSPS) is 15.6. The largest absolute Gasteiger partial charge is 0.312 e. The van der Waals surface area contributed by atoms with Crippen molar-refractivity contribution in [1.29, 1.82) is 0 Å². The van der Waals surface area contributed by atoms with Crippen molar-refractivity contribution in [3.63, 3.8) is 0 Å². The highest BCUT2D eigenvalue weighted by atomic mass is 32.2. The lowest BCUT2D eigenvalue weighted by molar-refractivity contribution is 0.367. The Balaban J connectivity index is 2.34. The van der Waals surface area contributed by atoms with Crippen molar-refractivity contribution >= 4 is 9.84 Å². The highest BCUT2D eigenvalue weighted by Crippen LogP contribution is 2.10. The third-order valence-corrected chi connectivity index (χ3v) is 4.06. The molecule has 0 spiro atoms. The Morgan fingerprint density at radius 1 is 1.44 bits per heavy atom. The Morgan fingerprint density at radius 2 is 2.11 bits per heavy atom. The molecule has 0 fully saturated rings. The molecule has 0 aliphatic carbocycles. The van der Waals surface area contributed by atoms with Crippen LogP contribution >= 0.6 is 0 Å². The maximum absolute atomic E-state index is 11.0. The summed E-state index contributed by atoms with van der Waals surface area (Å²) in [4.78, 5) is 0. The molecule has 2 atom stereocenters. The van der Waals surface area contributed by atoms with Gasteiger partial charge in [0.2, 0.25) is 0 Å². The molecule has 1 aromatic rings. The summed E-state index contributed by atoms with van der Waals surface area (Å²) >= 11 is 0. The molecule has 18 heavy (non-hydrogen) atoms. The van der Waals surface area contributed by atoms with Gasteiger partial charge >= 0.3 is 0 Å². The van der Waals surface area contributed by atoms with Crippen molar-refractivity contribution in [1.82, 2.24) is 15.1 Å². The molecule has 0 amide bonds. The molecule has 1 aromatic heterocycles. The van der Waals surface area contributed by atoms with Gasteiger partial charge in [0.05, 0.1) is 18.0 Å². The predicted octanol–water partition coefficient (Wildman–Crippen LogP) is 1.17. The zero-order valence-electron chi connectivity index (χ0n) is 11.5. The Labute approximate surface area is 109 Å². The Bertz CT molecular complexity index is 467. The summed E-state index contributed by atoms with van der Waals surface area (Å²) in [5.74, 6) is 0.238. The second-order valence-corrected chi connectivity index (χ2v) is 7.22. The van der Waals surface area contributed by atoms with E-state index in [0.29, 0.717) is 13.0 Å². The van der Waals surface area contributed by atoms with Crippen LogP contribution < -0.4 is 5.32 Å². The molecule has 2 unspecified atom stereocenters. The van der Waals surface area contributed by atoms with Crippen molar-refractivity contribution in [2.75, 3.05) is 18.6 Å². The minimum Gasteiger partial charge on any atom is -0.312 e.